The SMILES string of the molecule is CNc1c(SCCCOC)sc2nc(C3=CNC3)cc(-c3ccc(F)cc3)c12. The maximum Gasteiger partial charge on any atom is 0.127 e. The fourth-order valence-corrected chi connectivity index (χ4v) is 5.62. The van der Waals surface area contributed by atoms with Crippen LogP contribution in [0.25, 0.3) is 26.9 Å². The molecule has 1 aliphatic rings. The van der Waals surface area contributed by atoms with Gasteiger partial charge in [0.05, 0.1) is 15.6 Å². The summed E-state index contributed by atoms with van der Waals surface area (Å²) >= 11 is 3.54. The van der Waals surface area contributed by atoms with Crippen molar-refractivity contribution in [1.29, 1.82) is 0 Å². The summed E-state index contributed by atoms with van der Waals surface area (Å²) in [5.41, 5.74) is 5.34. The molecule has 1 aromatic carbocycles. The molecule has 146 valence electrons. The van der Waals surface area contributed by atoms with E-state index in [0.29, 0.717) is 0 Å². The van der Waals surface area contributed by atoms with Gasteiger partial charge in [-0.25, -0.2) is 9.37 Å². The molecule has 7 heteroatoms. The van der Waals surface area contributed by atoms with Crippen LogP contribution in [-0.2, 0) is 4.74 Å². The van der Waals surface area contributed by atoms with E-state index in [1.165, 1.54) is 21.9 Å². The molecule has 3 aromatic rings. The van der Waals surface area contributed by atoms with Gasteiger partial charge in [-0.15, -0.1) is 23.1 Å². The number of nitrogens with zero attached hydrogens (tertiary/aromatic N) is 1. The maximum absolute atomic E-state index is 13.5. The van der Waals surface area contributed by atoms with Crippen molar-refractivity contribution in [2.24, 2.45) is 0 Å². The standard InChI is InChI=1S/C21H22FN3OS2/c1-23-19-18-16(13-4-6-15(22)7-5-13)10-17(14-11-24-12-14)25-20(18)28-21(19)27-9-3-8-26-2/h4-7,10-11,23-24H,3,8-9,12H2,1-2H3. The molecular weight excluding hydrogens is 393 g/mol. The first kappa shape index (κ1) is 19.2. The number of nitrogens with one attached hydrogen (secondary N) is 2. The zero-order valence-corrected chi connectivity index (χ0v) is 17.5. The van der Waals surface area contributed by atoms with Crippen LogP contribution in [0.1, 0.15) is 12.1 Å². The van der Waals surface area contributed by atoms with Crippen molar-refractivity contribution in [2.75, 3.05) is 38.4 Å². The second-order valence-electron chi connectivity index (χ2n) is 6.50. The highest BCUT2D eigenvalue weighted by atomic mass is 32.2. The summed E-state index contributed by atoms with van der Waals surface area (Å²) in [6.45, 7) is 1.58. The van der Waals surface area contributed by atoms with E-state index in [4.69, 9.17) is 9.72 Å². The second kappa shape index (κ2) is 8.51. The zero-order chi connectivity index (χ0) is 19.5. The third kappa shape index (κ3) is 3.74. The summed E-state index contributed by atoms with van der Waals surface area (Å²) < 4.78 is 19.9. The quantitative estimate of drug-likeness (QED) is 0.390. The van der Waals surface area contributed by atoms with Crippen LogP contribution in [0.5, 0.6) is 0 Å². The molecule has 0 atom stereocenters. The number of pyridine rings is 1. The molecule has 0 radical (unpaired) electrons. The smallest absolute Gasteiger partial charge is 0.127 e. The molecule has 2 aromatic heterocycles. The Balaban J connectivity index is 1.84. The van der Waals surface area contributed by atoms with Crippen LogP contribution in [0.3, 0.4) is 0 Å². The number of thioether (sulfide) groups is 1. The van der Waals surface area contributed by atoms with E-state index >= 15 is 0 Å². The minimum Gasteiger partial charge on any atom is -0.386 e. The maximum atomic E-state index is 13.5. The summed E-state index contributed by atoms with van der Waals surface area (Å²) in [4.78, 5) is 5.94. The van der Waals surface area contributed by atoms with Crippen molar-refractivity contribution in [3.63, 3.8) is 0 Å². The highest BCUT2D eigenvalue weighted by Crippen LogP contribution is 2.46. The predicted molar refractivity (Wildman–Crippen MR) is 118 cm³/mol. The Labute approximate surface area is 172 Å². The average Bonchev–Trinajstić information content (AvgIpc) is 3.01. The molecule has 0 spiro atoms. The summed E-state index contributed by atoms with van der Waals surface area (Å²) in [7, 11) is 3.68. The molecule has 0 saturated heterocycles. The number of rotatable bonds is 8. The second-order valence-corrected chi connectivity index (χ2v) is 8.86. The Morgan fingerprint density at radius 2 is 2.11 bits per heavy atom. The van der Waals surface area contributed by atoms with Crippen LogP contribution in [0.15, 0.2) is 40.7 Å². The monoisotopic (exact) mass is 415 g/mol. The van der Waals surface area contributed by atoms with Crippen LogP contribution in [0.2, 0.25) is 0 Å². The average molecular weight is 416 g/mol. The molecule has 0 amide bonds. The van der Waals surface area contributed by atoms with E-state index in [0.717, 1.165) is 58.1 Å². The molecule has 0 aliphatic carbocycles. The topological polar surface area (TPSA) is 46.2 Å². The number of hydrogen-bond acceptors (Lipinski definition) is 6. The van der Waals surface area contributed by atoms with E-state index in [-0.39, 0.29) is 5.82 Å². The number of ether oxygens (including phenoxy) is 1. The van der Waals surface area contributed by atoms with Crippen molar-refractivity contribution in [3.8, 4) is 11.1 Å². The van der Waals surface area contributed by atoms with Gasteiger partial charge < -0.3 is 15.4 Å². The van der Waals surface area contributed by atoms with Gasteiger partial charge in [-0.3, -0.25) is 0 Å². The summed E-state index contributed by atoms with van der Waals surface area (Å²) in [6, 6.07) is 8.82. The first-order chi connectivity index (χ1) is 13.7. The number of hydrogen-bond donors (Lipinski definition) is 2. The Hall–Kier alpha value is -2.09. The molecule has 28 heavy (non-hydrogen) atoms. The van der Waals surface area contributed by atoms with Crippen LogP contribution in [-0.4, -0.2) is 38.0 Å². The Kier molecular flexibility index (Phi) is 5.85. The highest BCUT2D eigenvalue weighted by Gasteiger charge is 2.20. The summed E-state index contributed by atoms with van der Waals surface area (Å²) in [6.07, 6.45) is 3.00. The molecule has 3 heterocycles. The van der Waals surface area contributed by atoms with Crippen LogP contribution < -0.4 is 10.6 Å². The molecule has 1 aliphatic heterocycles. The fourth-order valence-electron chi connectivity index (χ4n) is 3.17. The van der Waals surface area contributed by atoms with Gasteiger partial charge in [-0.05, 0) is 35.7 Å². The first-order valence-corrected chi connectivity index (χ1v) is 11.0. The lowest BCUT2D eigenvalue weighted by Crippen LogP contribution is -2.21. The minimum atomic E-state index is -0.228. The lowest BCUT2D eigenvalue weighted by atomic mass is 9.99. The van der Waals surface area contributed by atoms with E-state index in [9.17, 15) is 4.39 Å². The zero-order valence-electron chi connectivity index (χ0n) is 15.8. The predicted octanol–water partition coefficient (Wildman–Crippen LogP) is 5.22. The molecule has 4 rings (SSSR count). The first-order valence-electron chi connectivity index (χ1n) is 9.17. The van der Waals surface area contributed by atoms with Crippen molar-refractivity contribution >= 4 is 44.6 Å². The van der Waals surface area contributed by atoms with Crippen molar-refractivity contribution < 1.29 is 9.13 Å². The van der Waals surface area contributed by atoms with Crippen LogP contribution in [0.4, 0.5) is 10.1 Å². The van der Waals surface area contributed by atoms with Gasteiger partial charge >= 0.3 is 0 Å². The third-order valence-corrected chi connectivity index (χ3v) is 7.10. The van der Waals surface area contributed by atoms with Crippen LogP contribution >= 0.6 is 23.1 Å². The van der Waals surface area contributed by atoms with Gasteiger partial charge in [0.2, 0.25) is 0 Å². The molecule has 0 fully saturated rings. The van der Waals surface area contributed by atoms with E-state index in [1.54, 1.807) is 18.4 Å². The number of fused-ring (bicyclic) bond motifs is 1. The van der Waals surface area contributed by atoms with Crippen molar-refractivity contribution in [2.45, 2.75) is 10.6 Å². The van der Waals surface area contributed by atoms with Gasteiger partial charge in [0, 0.05) is 50.2 Å². The summed E-state index contributed by atoms with van der Waals surface area (Å²) in [5.74, 6) is 0.761. The largest absolute Gasteiger partial charge is 0.386 e. The van der Waals surface area contributed by atoms with Crippen LogP contribution in [0, 0.1) is 5.82 Å². The number of halogens is 1. The molecule has 0 saturated carbocycles. The number of methoxy groups -OCH3 is 1. The van der Waals surface area contributed by atoms with Gasteiger partial charge in [-0.2, -0.15) is 0 Å². The lowest BCUT2D eigenvalue weighted by molar-refractivity contribution is 0.200. The lowest BCUT2D eigenvalue weighted by Gasteiger charge is -2.17. The third-order valence-electron chi connectivity index (χ3n) is 4.66. The molecular formula is C21H22FN3OS2. The Morgan fingerprint density at radius 1 is 1.32 bits per heavy atom. The van der Waals surface area contributed by atoms with Crippen molar-refractivity contribution in [3.05, 3.63) is 48.0 Å². The Morgan fingerprint density at radius 3 is 2.75 bits per heavy atom. The number of benzene rings is 1. The molecule has 4 nitrogen and oxygen atoms in total. The molecule has 0 unspecified atom stereocenters. The molecule has 0 bridgehead atoms. The van der Waals surface area contributed by atoms with Gasteiger partial charge in [0.25, 0.3) is 0 Å². The normalized spacial score (nSPS) is 13.2. The van der Waals surface area contributed by atoms with Gasteiger partial charge in [0.15, 0.2) is 0 Å². The number of anilines is 1. The summed E-state index contributed by atoms with van der Waals surface area (Å²) in [5, 5.41) is 7.64. The highest BCUT2D eigenvalue weighted by molar-refractivity contribution is 8.01. The Bertz CT molecular complexity index is 1010. The van der Waals surface area contributed by atoms with E-state index in [2.05, 4.69) is 16.7 Å². The van der Waals surface area contributed by atoms with Gasteiger partial charge in [-0.1, -0.05) is 12.1 Å². The number of aromatic nitrogens is 1. The van der Waals surface area contributed by atoms with E-state index in [1.807, 2.05) is 37.1 Å². The van der Waals surface area contributed by atoms with E-state index < -0.39 is 0 Å². The van der Waals surface area contributed by atoms with Crippen molar-refractivity contribution in [1.82, 2.24) is 10.3 Å². The molecule has 2 N–H and O–H groups in total. The fraction of sp³-hybridized carbons (Fsp3) is 0.286. The minimum absolute atomic E-state index is 0.228. The van der Waals surface area contributed by atoms with Gasteiger partial charge in [0.1, 0.15) is 10.6 Å². The number of thiophene rings is 1.